The van der Waals surface area contributed by atoms with E-state index in [0.717, 1.165) is 36.6 Å². The van der Waals surface area contributed by atoms with Crippen LogP contribution in [-0.2, 0) is 13.1 Å². The molecule has 0 aliphatic carbocycles. The highest BCUT2D eigenvalue weighted by Gasteiger charge is 2.11. The van der Waals surface area contributed by atoms with Gasteiger partial charge in [-0.2, -0.15) is 0 Å². The second kappa shape index (κ2) is 7.24. The third kappa shape index (κ3) is 4.31. The molecule has 0 bridgehead atoms. The van der Waals surface area contributed by atoms with Crippen LogP contribution in [0.2, 0.25) is 0 Å². The minimum Gasteiger partial charge on any atom is -0.388 e. The summed E-state index contributed by atoms with van der Waals surface area (Å²) >= 11 is 5.07. The van der Waals surface area contributed by atoms with E-state index in [2.05, 4.69) is 21.8 Å². The van der Waals surface area contributed by atoms with Crippen LogP contribution in [0.15, 0.2) is 36.5 Å². The number of rotatable bonds is 6. The molecule has 2 rings (SSSR count). The van der Waals surface area contributed by atoms with Crippen molar-refractivity contribution in [2.45, 2.75) is 26.9 Å². The van der Waals surface area contributed by atoms with Crippen molar-refractivity contribution in [3.05, 3.63) is 59.2 Å². The van der Waals surface area contributed by atoms with Crippen LogP contribution in [0, 0.1) is 6.92 Å². The Bertz CT molecular complexity index is 627. The average molecular weight is 300 g/mol. The topological polar surface area (TPSA) is 55.0 Å². The summed E-state index contributed by atoms with van der Waals surface area (Å²) in [5.74, 6) is 0. The number of hydrogen-bond acceptors (Lipinski definition) is 4. The fraction of sp³-hybridized carbons (Fsp3) is 0.312. The number of nitrogens with zero attached hydrogens (tertiary/aromatic N) is 3. The molecule has 0 radical (unpaired) electrons. The first-order valence-corrected chi connectivity index (χ1v) is 7.39. The summed E-state index contributed by atoms with van der Waals surface area (Å²) in [6.45, 7) is 6.61. The van der Waals surface area contributed by atoms with Gasteiger partial charge < -0.3 is 5.73 Å². The number of thiocarbonyl (C=S) groups is 1. The summed E-state index contributed by atoms with van der Waals surface area (Å²) in [6.07, 6.45) is 1.72. The first kappa shape index (κ1) is 15.5. The van der Waals surface area contributed by atoms with Gasteiger partial charge in [0, 0.05) is 25.0 Å². The molecular formula is C16H20N4S. The Morgan fingerprint density at radius 2 is 2.05 bits per heavy atom. The van der Waals surface area contributed by atoms with E-state index < -0.39 is 0 Å². The summed E-state index contributed by atoms with van der Waals surface area (Å²) in [5.41, 5.74) is 9.61. The predicted octanol–water partition coefficient (Wildman–Crippen LogP) is 2.44. The van der Waals surface area contributed by atoms with Crippen LogP contribution < -0.4 is 5.73 Å². The molecule has 2 aromatic heterocycles. The quantitative estimate of drug-likeness (QED) is 0.830. The van der Waals surface area contributed by atoms with Gasteiger partial charge in [-0.15, -0.1) is 0 Å². The molecule has 0 saturated carbocycles. The lowest BCUT2D eigenvalue weighted by Crippen LogP contribution is -2.25. The summed E-state index contributed by atoms with van der Waals surface area (Å²) in [5, 5.41) is 0. The normalized spacial score (nSPS) is 10.8. The van der Waals surface area contributed by atoms with Crippen molar-refractivity contribution in [3.8, 4) is 0 Å². The number of hydrogen-bond donors (Lipinski definition) is 1. The third-order valence-electron chi connectivity index (χ3n) is 3.30. The maximum Gasteiger partial charge on any atom is 0.123 e. The molecular weight excluding hydrogens is 280 g/mol. The van der Waals surface area contributed by atoms with E-state index in [1.54, 1.807) is 6.20 Å². The fourth-order valence-corrected chi connectivity index (χ4v) is 2.41. The Hall–Kier alpha value is -1.85. The Morgan fingerprint density at radius 3 is 2.71 bits per heavy atom. The molecule has 0 amide bonds. The summed E-state index contributed by atoms with van der Waals surface area (Å²) in [7, 11) is 0. The van der Waals surface area contributed by atoms with Crippen LogP contribution in [0.3, 0.4) is 0 Å². The van der Waals surface area contributed by atoms with Gasteiger partial charge in [-0.05, 0) is 37.2 Å². The molecule has 110 valence electrons. The van der Waals surface area contributed by atoms with Crippen LogP contribution in [0.1, 0.15) is 29.6 Å². The predicted molar refractivity (Wildman–Crippen MR) is 88.9 cm³/mol. The molecule has 0 aliphatic heterocycles. The van der Waals surface area contributed by atoms with Gasteiger partial charge in [0.1, 0.15) is 10.7 Å². The van der Waals surface area contributed by atoms with E-state index in [1.807, 2.05) is 37.3 Å². The summed E-state index contributed by atoms with van der Waals surface area (Å²) < 4.78 is 0. The van der Waals surface area contributed by atoms with E-state index in [4.69, 9.17) is 18.0 Å². The SMILES string of the molecule is CCN(Cc1cccc(C)n1)Cc1cccnc1C(N)=S. The Balaban J connectivity index is 2.14. The van der Waals surface area contributed by atoms with Crippen molar-refractivity contribution in [1.82, 2.24) is 14.9 Å². The number of aromatic nitrogens is 2. The molecule has 2 aromatic rings. The van der Waals surface area contributed by atoms with Crippen molar-refractivity contribution in [2.24, 2.45) is 5.73 Å². The molecule has 2 N–H and O–H groups in total. The highest BCUT2D eigenvalue weighted by Crippen LogP contribution is 2.12. The van der Waals surface area contributed by atoms with E-state index in [-0.39, 0.29) is 0 Å². The number of pyridine rings is 2. The molecule has 0 saturated heterocycles. The molecule has 0 aromatic carbocycles. The number of nitrogens with two attached hydrogens (primary N) is 1. The first-order valence-electron chi connectivity index (χ1n) is 6.98. The molecule has 2 heterocycles. The van der Waals surface area contributed by atoms with E-state index in [1.165, 1.54) is 0 Å². The van der Waals surface area contributed by atoms with Gasteiger partial charge >= 0.3 is 0 Å². The van der Waals surface area contributed by atoms with Crippen LogP contribution >= 0.6 is 12.2 Å². The van der Waals surface area contributed by atoms with Gasteiger partial charge in [-0.25, -0.2) is 0 Å². The van der Waals surface area contributed by atoms with E-state index >= 15 is 0 Å². The van der Waals surface area contributed by atoms with Crippen molar-refractivity contribution >= 4 is 17.2 Å². The Kier molecular flexibility index (Phi) is 5.36. The molecule has 5 heteroatoms. The monoisotopic (exact) mass is 300 g/mol. The minimum absolute atomic E-state index is 0.343. The van der Waals surface area contributed by atoms with Gasteiger partial charge in [0.15, 0.2) is 0 Å². The van der Waals surface area contributed by atoms with Crippen molar-refractivity contribution in [2.75, 3.05) is 6.54 Å². The lowest BCUT2D eigenvalue weighted by Gasteiger charge is -2.21. The molecule has 21 heavy (non-hydrogen) atoms. The standard InChI is InChI=1S/C16H20N4S/c1-3-20(11-14-8-4-6-12(2)19-14)10-13-7-5-9-18-15(13)16(17)21/h4-9H,3,10-11H2,1-2H3,(H2,17,21). The van der Waals surface area contributed by atoms with Crippen molar-refractivity contribution in [3.63, 3.8) is 0 Å². The van der Waals surface area contributed by atoms with Gasteiger partial charge in [-0.3, -0.25) is 14.9 Å². The molecule has 0 atom stereocenters. The van der Waals surface area contributed by atoms with Crippen LogP contribution in [0.4, 0.5) is 0 Å². The highest BCUT2D eigenvalue weighted by molar-refractivity contribution is 7.80. The van der Waals surface area contributed by atoms with Gasteiger partial charge in [0.05, 0.1) is 5.69 Å². The van der Waals surface area contributed by atoms with Crippen LogP contribution in [0.25, 0.3) is 0 Å². The fourth-order valence-electron chi connectivity index (χ4n) is 2.23. The molecule has 0 spiro atoms. The zero-order valence-electron chi connectivity index (χ0n) is 12.4. The zero-order valence-corrected chi connectivity index (χ0v) is 13.2. The second-order valence-corrected chi connectivity index (χ2v) is 5.39. The summed E-state index contributed by atoms with van der Waals surface area (Å²) in [4.78, 5) is 11.5. The Labute approximate surface area is 131 Å². The van der Waals surface area contributed by atoms with E-state index in [9.17, 15) is 0 Å². The molecule has 0 fully saturated rings. The average Bonchev–Trinajstić information content (AvgIpc) is 2.47. The lowest BCUT2D eigenvalue weighted by atomic mass is 10.1. The van der Waals surface area contributed by atoms with E-state index in [0.29, 0.717) is 10.7 Å². The highest BCUT2D eigenvalue weighted by atomic mass is 32.1. The molecule has 0 unspecified atom stereocenters. The maximum atomic E-state index is 5.74. The maximum absolute atomic E-state index is 5.74. The molecule has 0 aliphatic rings. The van der Waals surface area contributed by atoms with Gasteiger partial charge in [-0.1, -0.05) is 31.3 Å². The third-order valence-corrected chi connectivity index (χ3v) is 3.49. The number of aryl methyl sites for hydroxylation is 1. The Morgan fingerprint density at radius 1 is 1.24 bits per heavy atom. The summed E-state index contributed by atoms with van der Waals surface area (Å²) in [6, 6.07) is 10.0. The van der Waals surface area contributed by atoms with Crippen molar-refractivity contribution < 1.29 is 0 Å². The first-order chi connectivity index (χ1) is 10.1. The molecule has 4 nitrogen and oxygen atoms in total. The van der Waals surface area contributed by atoms with Crippen LogP contribution in [0.5, 0.6) is 0 Å². The largest absolute Gasteiger partial charge is 0.388 e. The minimum atomic E-state index is 0.343. The zero-order chi connectivity index (χ0) is 15.2. The smallest absolute Gasteiger partial charge is 0.123 e. The van der Waals surface area contributed by atoms with Gasteiger partial charge in [0.25, 0.3) is 0 Å². The second-order valence-electron chi connectivity index (χ2n) is 4.95. The lowest BCUT2D eigenvalue weighted by molar-refractivity contribution is 0.267. The van der Waals surface area contributed by atoms with Crippen molar-refractivity contribution in [1.29, 1.82) is 0 Å². The van der Waals surface area contributed by atoms with Crippen LogP contribution in [-0.4, -0.2) is 26.4 Å². The van der Waals surface area contributed by atoms with Gasteiger partial charge in [0.2, 0.25) is 0 Å².